The lowest BCUT2D eigenvalue weighted by Gasteiger charge is -2.22. The number of rotatable bonds is 3. The number of nitrogens with zero attached hydrogens (tertiary/aromatic N) is 5. The summed E-state index contributed by atoms with van der Waals surface area (Å²) in [5, 5.41) is 29.8. The SMILES string of the molecule is C1=COCCC1.O=[N+]([O-])c1cn(C2CCCCO2)nc1Cl.O=[N+]([O-])c1cn[nH]c1Cl. The topological polar surface area (TPSA) is 151 Å². The van der Waals surface area contributed by atoms with Crippen LogP contribution in [0.15, 0.2) is 24.7 Å². The lowest BCUT2D eigenvalue weighted by atomic mass is 10.2. The minimum Gasteiger partial charge on any atom is -0.502 e. The Morgan fingerprint density at radius 2 is 1.90 bits per heavy atom. The summed E-state index contributed by atoms with van der Waals surface area (Å²) in [7, 11) is 0. The second kappa shape index (κ2) is 12.1. The number of aromatic nitrogens is 4. The predicted octanol–water partition coefficient (Wildman–Crippen LogP) is 4.43. The Morgan fingerprint density at radius 3 is 2.27 bits per heavy atom. The van der Waals surface area contributed by atoms with Gasteiger partial charge in [-0.05, 0) is 38.2 Å². The quantitative estimate of drug-likeness (QED) is 0.519. The van der Waals surface area contributed by atoms with E-state index in [0.29, 0.717) is 6.61 Å². The van der Waals surface area contributed by atoms with Crippen molar-refractivity contribution in [3.05, 3.63) is 55.3 Å². The smallest absolute Gasteiger partial charge is 0.326 e. The average molecular weight is 463 g/mol. The van der Waals surface area contributed by atoms with E-state index in [4.69, 9.17) is 32.7 Å². The van der Waals surface area contributed by atoms with Gasteiger partial charge >= 0.3 is 11.4 Å². The van der Waals surface area contributed by atoms with E-state index in [2.05, 4.69) is 15.3 Å². The van der Waals surface area contributed by atoms with Crippen LogP contribution in [0.4, 0.5) is 11.4 Å². The van der Waals surface area contributed by atoms with Crippen LogP contribution in [0.2, 0.25) is 10.3 Å². The van der Waals surface area contributed by atoms with Crippen molar-refractivity contribution in [2.24, 2.45) is 0 Å². The molecule has 1 N–H and O–H groups in total. The summed E-state index contributed by atoms with van der Waals surface area (Å²) < 4.78 is 11.8. The third-order valence-electron chi connectivity index (χ3n) is 3.91. The second-order valence-corrected chi connectivity index (χ2v) is 6.81. The maximum atomic E-state index is 10.5. The number of ether oxygens (including phenoxy) is 2. The molecule has 2 aromatic heterocycles. The monoisotopic (exact) mass is 462 g/mol. The van der Waals surface area contributed by atoms with Gasteiger partial charge in [0.1, 0.15) is 18.6 Å². The zero-order valence-corrected chi connectivity index (χ0v) is 17.3. The fraction of sp³-hybridized carbons (Fsp3) is 0.500. The number of aromatic amines is 1. The highest BCUT2D eigenvalue weighted by molar-refractivity contribution is 6.31. The van der Waals surface area contributed by atoms with E-state index in [1.54, 1.807) is 6.26 Å². The summed E-state index contributed by atoms with van der Waals surface area (Å²) in [6.45, 7) is 1.58. The lowest BCUT2D eigenvalue weighted by molar-refractivity contribution is -0.385. The van der Waals surface area contributed by atoms with Crippen molar-refractivity contribution in [1.29, 1.82) is 0 Å². The van der Waals surface area contributed by atoms with Gasteiger partial charge in [0.15, 0.2) is 0 Å². The zero-order valence-electron chi connectivity index (χ0n) is 15.8. The van der Waals surface area contributed by atoms with Gasteiger partial charge < -0.3 is 9.47 Å². The van der Waals surface area contributed by atoms with Gasteiger partial charge in [0.25, 0.3) is 0 Å². The van der Waals surface area contributed by atoms with E-state index in [1.165, 1.54) is 23.7 Å². The minimum atomic E-state index is -0.605. The van der Waals surface area contributed by atoms with Crippen molar-refractivity contribution in [1.82, 2.24) is 20.0 Å². The van der Waals surface area contributed by atoms with Crippen molar-refractivity contribution >= 4 is 34.6 Å². The van der Waals surface area contributed by atoms with E-state index < -0.39 is 9.85 Å². The Bertz CT molecular complexity index is 856. The van der Waals surface area contributed by atoms with E-state index in [9.17, 15) is 20.2 Å². The maximum absolute atomic E-state index is 10.5. The number of nitrogens with one attached hydrogen (secondary N) is 1. The molecule has 4 rings (SSSR count). The molecule has 0 bridgehead atoms. The zero-order chi connectivity index (χ0) is 21.9. The van der Waals surface area contributed by atoms with Gasteiger partial charge in [-0.25, -0.2) is 4.68 Å². The van der Waals surface area contributed by atoms with Crippen LogP contribution in [0.3, 0.4) is 0 Å². The van der Waals surface area contributed by atoms with Crippen LogP contribution in [-0.4, -0.2) is 43.0 Å². The summed E-state index contributed by atoms with van der Waals surface area (Å²) in [6, 6.07) is 0. The van der Waals surface area contributed by atoms with Crippen molar-refractivity contribution in [2.75, 3.05) is 13.2 Å². The highest BCUT2D eigenvalue weighted by Gasteiger charge is 2.23. The number of halogens is 2. The molecule has 1 atom stereocenters. The molecule has 1 fully saturated rings. The summed E-state index contributed by atoms with van der Waals surface area (Å²) >= 11 is 10.9. The van der Waals surface area contributed by atoms with Crippen LogP contribution < -0.4 is 0 Å². The van der Waals surface area contributed by atoms with Crippen LogP contribution >= 0.6 is 23.2 Å². The Labute approximate surface area is 181 Å². The highest BCUT2D eigenvalue weighted by Crippen LogP contribution is 2.28. The first-order valence-corrected chi connectivity index (χ1v) is 9.76. The van der Waals surface area contributed by atoms with Crippen molar-refractivity contribution in [3.63, 3.8) is 0 Å². The van der Waals surface area contributed by atoms with Crippen molar-refractivity contribution < 1.29 is 19.3 Å². The fourth-order valence-corrected chi connectivity index (χ4v) is 2.81. The molecule has 164 valence electrons. The van der Waals surface area contributed by atoms with Crippen LogP contribution in [0.25, 0.3) is 0 Å². The Morgan fingerprint density at radius 1 is 1.13 bits per heavy atom. The van der Waals surface area contributed by atoms with Crippen molar-refractivity contribution in [3.8, 4) is 0 Å². The fourth-order valence-electron chi connectivity index (χ4n) is 2.44. The summed E-state index contributed by atoms with van der Waals surface area (Å²) in [6.07, 6.45) is 11.2. The van der Waals surface area contributed by atoms with E-state index in [0.717, 1.165) is 32.1 Å². The van der Waals surface area contributed by atoms with Gasteiger partial charge in [-0.2, -0.15) is 10.2 Å². The predicted molar refractivity (Wildman–Crippen MR) is 107 cm³/mol. The highest BCUT2D eigenvalue weighted by atomic mass is 35.5. The number of nitro groups is 2. The van der Waals surface area contributed by atoms with Gasteiger partial charge in [0, 0.05) is 6.61 Å². The lowest BCUT2D eigenvalue weighted by Crippen LogP contribution is -2.18. The molecule has 0 radical (unpaired) electrons. The molecule has 0 saturated carbocycles. The Balaban J connectivity index is 0.000000180. The largest absolute Gasteiger partial charge is 0.502 e. The molecule has 12 nitrogen and oxygen atoms in total. The van der Waals surface area contributed by atoms with Crippen molar-refractivity contribution in [2.45, 2.75) is 38.3 Å². The summed E-state index contributed by atoms with van der Waals surface area (Å²) in [4.78, 5) is 19.3. The Kier molecular flexibility index (Phi) is 9.51. The number of H-pyrrole nitrogens is 1. The van der Waals surface area contributed by atoms with E-state index >= 15 is 0 Å². The van der Waals surface area contributed by atoms with E-state index in [-0.39, 0.29) is 27.9 Å². The van der Waals surface area contributed by atoms with Gasteiger partial charge in [-0.15, -0.1) is 0 Å². The molecule has 2 aliphatic heterocycles. The molecule has 0 aromatic carbocycles. The van der Waals surface area contributed by atoms with Gasteiger partial charge in [-0.3, -0.25) is 25.3 Å². The van der Waals surface area contributed by atoms with Crippen LogP contribution in [0, 0.1) is 20.2 Å². The summed E-state index contributed by atoms with van der Waals surface area (Å²) in [5.74, 6) is 0. The maximum Gasteiger partial charge on any atom is 0.326 e. The number of hydrogen-bond acceptors (Lipinski definition) is 8. The molecule has 30 heavy (non-hydrogen) atoms. The van der Waals surface area contributed by atoms with Gasteiger partial charge in [-0.1, -0.05) is 23.2 Å². The van der Waals surface area contributed by atoms with Gasteiger partial charge in [0.2, 0.25) is 10.3 Å². The Hall–Kier alpha value is -2.70. The normalized spacial score (nSPS) is 17.6. The molecule has 2 aromatic rings. The van der Waals surface area contributed by atoms with E-state index in [1.807, 2.05) is 6.08 Å². The first-order valence-electron chi connectivity index (χ1n) is 9.00. The first kappa shape index (κ1) is 23.6. The van der Waals surface area contributed by atoms with Crippen LogP contribution in [-0.2, 0) is 9.47 Å². The molecule has 0 aliphatic carbocycles. The molecule has 1 saturated heterocycles. The third-order valence-corrected chi connectivity index (χ3v) is 4.46. The van der Waals surface area contributed by atoms with Crippen LogP contribution in [0.5, 0.6) is 0 Å². The second-order valence-electron chi connectivity index (χ2n) is 6.07. The molecule has 1 unspecified atom stereocenters. The number of hydrogen-bond donors (Lipinski definition) is 1. The summed E-state index contributed by atoms with van der Waals surface area (Å²) in [5.41, 5.74) is -0.373. The molecule has 0 amide bonds. The average Bonchev–Trinajstić information content (AvgIpc) is 3.37. The third kappa shape index (κ3) is 7.28. The molecular weight excluding hydrogens is 443 g/mol. The number of allylic oxidation sites excluding steroid dienone is 1. The molecule has 4 heterocycles. The molecular formula is C16H20Cl2N6O6. The minimum absolute atomic E-state index is 0.0417. The first-order chi connectivity index (χ1) is 14.4. The van der Waals surface area contributed by atoms with Gasteiger partial charge in [0.05, 0.1) is 22.7 Å². The van der Waals surface area contributed by atoms with Crippen LogP contribution in [0.1, 0.15) is 38.3 Å². The standard InChI is InChI=1S/C8H10ClN3O3.C5H8O.C3H2ClN3O2/c9-8-6(12(13)14)5-11(10-8)7-3-1-2-4-15-7;1-2-4-6-5-3-1;4-3-2(7(8)9)1-5-6-3/h5,7H,1-4H2;2,4H,1,3,5H2;1H,(H,5,6). The molecule has 0 spiro atoms. The molecule has 2 aliphatic rings. The molecule has 14 heteroatoms.